The summed E-state index contributed by atoms with van der Waals surface area (Å²) in [5.74, 6) is 1.55. The molecule has 0 aromatic heterocycles. The van der Waals surface area contributed by atoms with E-state index >= 15 is 0 Å². The van der Waals surface area contributed by atoms with Crippen LogP contribution >= 0.6 is 0 Å². The van der Waals surface area contributed by atoms with Crippen LogP contribution in [-0.2, 0) is 14.3 Å². The van der Waals surface area contributed by atoms with Gasteiger partial charge in [0.25, 0.3) is 0 Å². The number of esters is 1. The van der Waals surface area contributed by atoms with E-state index in [0.29, 0.717) is 24.7 Å². The highest BCUT2D eigenvalue weighted by molar-refractivity contribution is 6.00. The summed E-state index contributed by atoms with van der Waals surface area (Å²) in [5.41, 5.74) is 0.913. The molecule has 1 N–H and O–H groups in total. The van der Waals surface area contributed by atoms with Gasteiger partial charge in [0.2, 0.25) is 0 Å². The number of unbranched alkanes of at least 4 members (excludes halogenated alkanes) is 1. The van der Waals surface area contributed by atoms with Crippen LogP contribution in [-0.4, -0.2) is 36.7 Å². The van der Waals surface area contributed by atoms with Gasteiger partial charge in [-0.15, -0.1) is 0 Å². The minimum absolute atomic E-state index is 0.106. The smallest absolute Gasteiger partial charge is 0.305 e. The van der Waals surface area contributed by atoms with Crippen molar-refractivity contribution in [2.45, 2.75) is 44.6 Å². The lowest BCUT2D eigenvalue weighted by Crippen LogP contribution is -2.16. The summed E-state index contributed by atoms with van der Waals surface area (Å²) in [7, 11) is 1.39. The normalized spacial score (nSPS) is 26.1. The number of aliphatic hydroxyl groups excluding tert-OH is 1. The highest BCUT2D eigenvalue weighted by Crippen LogP contribution is 2.48. The molecular formula is C24H30O5. The molecule has 4 unspecified atom stereocenters. The van der Waals surface area contributed by atoms with Crippen LogP contribution in [0.25, 0.3) is 0 Å². The van der Waals surface area contributed by atoms with Crippen LogP contribution in [0.2, 0.25) is 0 Å². The van der Waals surface area contributed by atoms with Crippen molar-refractivity contribution < 1.29 is 24.2 Å². The fourth-order valence-electron chi connectivity index (χ4n) is 4.38. The number of rotatable bonds is 9. The number of para-hydroxylation sites is 1. The van der Waals surface area contributed by atoms with E-state index in [4.69, 9.17) is 4.74 Å². The number of carbonyl (C=O) groups is 2. The Labute approximate surface area is 172 Å². The van der Waals surface area contributed by atoms with Crippen molar-refractivity contribution in [1.82, 2.24) is 0 Å². The Morgan fingerprint density at radius 2 is 2.07 bits per heavy atom. The Morgan fingerprint density at radius 3 is 2.83 bits per heavy atom. The van der Waals surface area contributed by atoms with E-state index in [1.165, 1.54) is 7.11 Å². The Kier molecular flexibility index (Phi) is 7.64. The van der Waals surface area contributed by atoms with Gasteiger partial charge in [-0.2, -0.15) is 0 Å². The van der Waals surface area contributed by atoms with E-state index in [9.17, 15) is 14.7 Å². The van der Waals surface area contributed by atoms with Gasteiger partial charge in [0.1, 0.15) is 18.5 Å². The summed E-state index contributed by atoms with van der Waals surface area (Å²) in [4.78, 5) is 23.8. The third-order valence-electron chi connectivity index (χ3n) is 5.93. The zero-order chi connectivity index (χ0) is 20.6. The van der Waals surface area contributed by atoms with Crippen LogP contribution in [0.15, 0.2) is 54.1 Å². The molecule has 0 amide bonds. The maximum absolute atomic E-state index is 12.7. The van der Waals surface area contributed by atoms with Crippen molar-refractivity contribution in [1.29, 1.82) is 0 Å². The number of hydrogen-bond acceptors (Lipinski definition) is 5. The topological polar surface area (TPSA) is 72.8 Å². The molecule has 2 fully saturated rings. The lowest BCUT2D eigenvalue weighted by Gasteiger charge is -2.14. The molecule has 2 aliphatic carbocycles. The van der Waals surface area contributed by atoms with E-state index < -0.39 is 6.10 Å². The fourth-order valence-corrected chi connectivity index (χ4v) is 4.38. The Bertz CT molecular complexity index is 752. The van der Waals surface area contributed by atoms with Crippen LogP contribution in [0.3, 0.4) is 0 Å². The second kappa shape index (κ2) is 10.4. The van der Waals surface area contributed by atoms with Crippen LogP contribution < -0.4 is 4.74 Å². The number of fused-ring (bicyclic) bond motifs is 1. The van der Waals surface area contributed by atoms with Gasteiger partial charge in [0, 0.05) is 12.3 Å². The quantitative estimate of drug-likeness (QED) is 0.296. The standard InChI is InChI=1S/C24H30O5/c1-28-23(26)10-6-5-7-18-15-22-17(12-14-21(22)24(18)27)11-13-19(25)16-29-20-8-3-2-4-9-20/h2-4,7-9,11,13,17,19,21-22,25H,5-6,10,12,14-16H2,1H3/b13-11+,18-7+. The average Bonchev–Trinajstić information content (AvgIpc) is 3.28. The van der Waals surface area contributed by atoms with Crippen molar-refractivity contribution in [3.63, 3.8) is 0 Å². The predicted octanol–water partition coefficient (Wildman–Crippen LogP) is 3.87. The fraction of sp³-hybridized carbons (Fsp3) is 0.500. The molecule has 1 aromatic rings. The van der Waals surface area contributed by atoms with Crippen molar-refractivity contribution in [3.8, 4) is 5.75 Å². The summed E-state index contributed by atoms with van der Waals surface area (Å²) in [5, 5.41) is 10.2. The van der Waals surface area contributed by atoms with Gasteiger partial charge in [-0.25, -0.2) is 0 Å². The monoisotopic (exact) mass is 398 g/mol. The Hall–Kier alpha value is -2.40. The number of allylic oxidation sites excluding steroid dienone is 3. The number of carbonyl (C=O) groups excluding carboxylic acids is 2. The van der Waals surface area contributed by atoms with Crippen molar-refractivity contribution in [2.24, 2.45) is 17.8 Å². The minimum Gasteiger partial charge on any atom is -0.491 e. The first-order chi connectivity index (χ1) is 14.1. The largest absolute Gasteiger partial charge is 0.491 e. The number of benzene rings is 1. The maximum Gasteiger partial charge on any atom is 0.305 e. The van der Waals surface area contributed by atoms with Crippen molar-refractivity contribution >= 4 is 11.8 Å². The molecule has 1 aromatic carbocycles. The first-order valence-electron chi connectivity index (χ1n) is 10.4. The summed E-state index contributed by atoms with van der Waals surface area (Å²) < 4.78 is 10.2. The highest BCUT2D eigenvalue weighted by atomic mass is 16.5. The lowest BCUT2D eigenvalue weighted by atomic mass is 9.91. The Morgan fingerprint density at radius 1 is 1.28 bits per heavy atom. The molecule has 4 atom stereocenters. The summed E-state index contributed by atoms with van der Waals surface area (Å²) in [6.07, 6.45) is 9.72. The van der Waals surface area contributed by atoms with Gasteiger partial charge in [-0.3, -0.25) is 9.59 Å². The first kappa shape index (κ1) is 21.3. The maximum atomic E-state index is 12.7. The number of aliphatic hydroxyl groups is 1. The molecule has 0 radical (unpaired) electrons. The number of ether oxygens (including phenoxy) is 2. The molecule has 5 nitrogen and oxygen atoms in total. The minimum atomic E-state index is -0.667. The molecule has 0 spiro atoms. The third-order valence-corrected chi connectivity index (χ3v) is 5.93. The molecule has 2 saturated carbocycles. The van der Waals surface area contributed by atoms with Crippen molar-refractivity contribution in [2.75, 3.05) is 13.7 Å². The van der Waals surface area contributed by atoms with Gasteiger partial charge < -0.3 is 14.6 Å². The highest BCUT2D eigenvalue weighted by Gasteiger charge is 2.45. The van der Waals surface area contributed by atoms with Gasteiger partial charge >= 0.3 is 5.97 Å². The summed E-state index contributed by atoms with van der Waals surface area (Å²) >= 11 is 0. The van der Waals surface area contributed by atoms with Crippen LogP contribution in [0.5, 0.6) is 5.75 Å². The van der Waals surface area contributed by atoms with Crippen molar-refractivity contribution in [3.05, 3.63) is 54.1 Å². The first-order valence-corrected chi connectivity index (χ1v) is 10.4. The molecule has 0 saturated heterocycles. The summed E-state index contributed by atoms with van der Waals surface area (Å²) in [6.45, 7) is 0.214. The molecule has 29 heavy (non-hydrogen) atoms. The SMILES string of the molecule is COC(=O)CCC/C=C1\CC2C(/C=C/C(O)COc3ccccc3)CCC2C1=O. The van der Waals surface area contributed by atoms with Gasteiger partial charge in [0.15, 0.2) is 5.78 Å². The van der Waals surface area contributed by atoms with E-state index in [1.807, 2.05) is 36.4 Å². The molecular weight excluding hydrogens is 368 g/mol. The Balaban J connectivity index is 1.48. The molecule has 0 bridgehead atoms. The molecule has 3 rings (SSSR count). The molecule has 156 valence electrons. The van der Waals surface area contributed by atoms with E-state index in [-0.39, 0.29) is 24.3 Å². The number of Topliss-reactive ketones (excluding diaryl/α,β-unsaturated/α-hetero) is 1. The molecule has 0 aliphatic heterocycles. The number of ketones is 1. The predicted molar refractivity (Wildman–Crippen MR) is 110 cm³/mol. The zero-order valence-electron chi connectivity index (χ0n) is 17.0. The molecule has 5 heteroatoms. The number of methoxy groups -OCH3 is 1. The van der Waals surface area contributed by atoms with Crippen LogP contribution in [0.1, 0.15) is 38.5 Å². The average molecular weight is 398 g/mol. The van der Waals surface area contributed by atoms with E-state index in [2.05, 4.69) is 10.8 Å². The molecule has 0 heterocycles. The number of hydrogen-bond donors (Lipinski definition) is 1. The van der Waals surface area contributed by atoms with Gasteiger partial charge in [0.05, 0.1) is 7.11 Å². The third kappa shape index (κ3) is 5.80. The van der Waals surface area contributed by atoms with E-state index in [1.54, 1.807) is 6.08 Å². The van der Waals surface area contributed by atoms with Crippen LogP contribution in [0, 0.1) is 17.8 Å². The van der Waals surface area contributed by atoms with Gasteiger partial charge in [-0.1, -0.05) is 36.4 Å². The van der Waals surface area contributed by atoms with E-state index in [0.717, 1.165) is 37.0 Å². The summed E-state index contributed by atoms with van der Waals surface area (Å²) in [6, 6.07) is 9.44. The lowest BCUT2D eigenvalue weighted by molar-refractivity contribution is -0.140. The van der Waals surface area contributed by atoms with Crippen LogP contribution in [0.4, 0.5) is 0 Å². The van der Waals surface area contributed by atoms with Gasteiger partial charge in [-0.05, 0) is 61.6 Å². The molecule has 2 aliphatic rings. The second-order valence-corrected chi connectivity index (χ2v) is 7.85. The second-order valence-electron chi connectivity index (χ2n) is 7.85. The zero-order valence-corrected chi connectivity index (χ0v) is 17.0.